The summed E-state index contributed by atoms with van der Waals surface area (Å²) in [5, 5.41) is 5.92. The smallest absolute Gasteiger partial charge is 0.408 e. The lowest BCUT2D eigenvalue weighted by Gasteiger charge is -2.37. The predicted molar refractivity (Wildman–Crippen MR) is 159 cm³/mol. The quantitative estimate of drug-likeness (QED) is 0.371. The lowest BCUT2D eigenvalue weighted by atomic mass is 9.93. The SMILES string of the molecule is C#Cc1ccccc1C(C(=O)Nc1c(C)cccc1C)N(C(=O)C(NC(=O)OC(C)(C)C)C(C)CC)C1CC1C. The van der Waals surface area contributed by atoms with Crippen molar-refractivity contribution in [2.24, 2.45) is 11.8 Å². The Hall–Kier alpha value is -3.79. The maximum atomic E-state index is 14.5. The predicted octanol–water partition coefficient (Wildman–Crippen LogP) is 6.14. The Balaban J connectivity index is 2.12. The van der Waals surface area contributed by atoms with Gasteiger partial charge in [-0.1, -0.05) is 69.5 Å². The van der Waals surface area contributed by atoms with Crippen molar-refractivity contribution in [1.29, 1.82) is 0 Å². The van der Waals surface area contributed by atoms with E-state index in [0.717, 1.165) is 17.5 Å². The van der Waals surface area contributed by atoms with Crippen LogP contribution < -0.4 is 10.6 Å². The third-order valence-electron chi connectivity index (χ3n) is 7.50. The number of carbonyl (C=O) groups excluding carboxylic acids is 3. The van der Waals surface area contributed by atoms with Gasteiger partial charge in [-0.25, -0.2) is 4.79 Å². The molecule has 7 nitrogen and oxygen atoms in total. The number of amides is 3. The molecular weight excluding hydrogens is 502 g/mol. The van der Waals surface area contributed by atoms with E-state index in [-0.39, 0.29) is 29.7 Å². The highest BCUT2D eigenvalue weighted by molar-refractivity contribution is 6.00. The molecule has 1 aliphatic carbocycles. The van der Waals surface area contributed by atoms with Crippen LogP contribution in [0.25, 0.3) is 0 Å². The van der Waals surface area contributed by atoms with Gasteiger partial charge in [0.2, 0.25) is 5.91 Å². The molecule has 0 aromatic heterocycles. The lowest BCUT2D eigenvalue weighted by Crippen LogP contribution is -2.55. The summed E-state index contributed by atoms with van der Waals surface area (Å²) in [4.78, 5) is 43.3. The Labute approximate surface area is 239 Å². The molecule has 5 unspecified atom stereocenters. The number of nitrogens with zero attached hydrogens (tertiary/aromatic N) is 1. The van der Waals surface area contributed by atoms with Gasteiger partial charge in [0.15, 0.2) is 0 Å². The number of terminal acetylenes is 1. The van der Waals surface area contributed by atoms with Crippen LogP contribution in [0.5, 0.6) is 0 Å². The van der Waals surface area contributed by atoms with Crippen LogP contribution in [0.4, 0.5) is 10.5 Å². The molecule has 1 saturated carbocycles. The zero-order valence-electron chi connectivity index (χ0n) is 25.0. The summed E-state index contributed by atoms with van der Waals surface area (Å²) in [6.45, 7) is 15.1. The van der Waals surface area contributed by atoms with Gasteiger partial charge in [-0.2, -0.15) is 0 Å². The van der Waals surface area contributed by atoms with Crippen molar-refractivity contribution in [3.8, 4) is 12.3 Å². The molecule has 3 amide bonds. The summed E-state index contributed by atoms with van der Waals surface area (Å²) < 4.78 is 5.50. The van der Waals surface area contributed by atoms with Gasteiger partial charge in [-0.05, 0) is 75.6 Å². The highest BCUT2D eigenvalue weighted by atomic mass is 16.6. The first-order valence-electron chi connectivity index (χ1n) is 14.0. The second kappa shape index (κ2) is 12.6. The fourth-order valence-corrected chi connectivity index (χ4v) is 4.94. The van der Waals surface area contributed by atoms with Crippen molar-refractivity contribution >= 4 is 23.6 Å². The maximum Gasteiger partial charge on any atom is 0.408 e. The summed E-state index contributed by atoms with van der Waals surface area (Å²) in [5.41, 5.74) is 2.92. The minimum absolute atomic E-state index is 0.181. The topological polar surface area (TPSA) is 87.7 Å². The molecule has 2 aromatic carbocycles. The number of benzene rings is 2. The van der Waals surface area contributed by atoms with Crippen molar-refractivity contribution in [3.63, 3.8) is 0 Å². The number of ether oxygens (including phenoxy) is 1. The van der Waals surface area contributed by atoms with E-state index in [1.54, 1.807) is 37.8 Å². The van der Waals surface area contributed by atoms with Crippen molar-refractivity contribution in [2.75, 3.05) is 5.32 Å². The van der Waals surface area contributed by atoms with Crippen LogP contribution in [-0.2, 0) is 14.3 Å². The first-order chi connectivity index (χ1) is 18.8. The third-order valence-corrected chi connectivity index (χ3v) is 7.50. The van der Waals surface area contributed by atoms with Crippen LogP contribution in [-0.4, -0.2) is 40.5 Å². The zero-order valence-corrected chi connectivity index (χ0v) is 25.0. The Kier molecular flexibility index (Phi) is 9.68. The number of rotatable bonds is 9. The van der Waals surface area contributed by atoms with Crippen LogP contribution in [0.2, 0.25) is 0 Å². The van der Waals surface area contributed by atoms with Crippen LogP contribution >= 0.6 is 0 Å². The molecule has 7 heteroatoms. The Morgan fingerprint density at radius 3 is 2.23 bits per heavy atom. The molecule has 0 aliphatic heterocycles. The van der Waals surface area contributed by atoms with E-state index in [9.17, 15) is 14.4 Å². The highest BCUT2D eigenvalue weighted by Crippen LogP contribution is 2.42. The van der Waals surface area contributed by atoms with Crippen LogP contribution in [0.15, 0.2) is 42.5 Å². The fourth-order valence-electron chi connectivity index (χ4n) is 4.94. The molecule has 214 valence electrons. The minimum Gasteiger partial charge on any atom is -0.444 e. The number of alkyl carbamates (subject to hydrolysis) is 1. The minimum atomic E-state index is -0.999. The lowest BCUT2D eigenvalue weighted by molar-refractivity contribution is -0.142. The van der Waals surface area contributed by atoms with Gasteiger partial charge in [0.25, 0.3) is 5.91 Å². The normalized spacial score (nSPS) is 18.5. The summed E-state index contributed by atoms with van der Waals surface area (Å²) in [6.07, 6.45) is 6.60. The van der Waals surface area contributed by atoms with Gasteiger partial charge in [0.1, 0.15) is 17.7 Å². The molecule has 1 aliphatic rings. The van der Waals surface area contributed by atoms with E-state index < -0.39 is 23.8 Å². The van der Waals surface area contributed by atoms with E-state index in [0.29, 0.717) is 23.2 Å². The number of nitrogens with one attached hydrogen (secondary N) is 2. The number of anilines is 1. The van der Waals surface area contributed by atoms with E-state index in [1.807, 2.05) is 58.0 Å². The van der Waals surface area contributed by atoms with Gasteiger partial charge >= 0.3 is 6.09 Å². The molecule has 0 heterocycles. The number of para-hydroxylation sites is 1. The largest absolute Gasteiger partial charge is 0.444 e. The van der Waals surface area contributed by atoms with Crippen molar-refractivity contribution < 1.29 is 19.1 Å². The second-order valence-electron chi connectivity index (χ2n) is 11.9. The van der Waals surface area contributed by atoms with E-state index in [2.05, 4.69) is 23.5 Å². The average molecular weight is 546 g/mol. The molecule has 3 rings (SSSR count). The van der Waals surface area contributed by atoms with E-state index in [1.165, 1.54) is 0 Å². The van der Waals surface area contributed by atoms with Gasteiger partial charge in [-0.15, -0.1) is 6.42 Å². The molecule has 0 bridgehead atoms. The molecule has 2 aromatic rings. The number of hydrogen-bond donors (Lipinski definition) is 2. The van der Waals surface area contributed by atoms with E-state index >= 15 is 0 Å². The molecular formula is C33H43N3O4. The summed E-state index contributed by atoms with van der Waals surface area (Å²) in [7, 11) is 0. The van der Waals surface area contributed by atoms with Gasteiger partial charge in [0, 0.05) is 17.3 Å². The number of hydrogen-bond acceptors (Lipinski definition) is 4. The third kappa shape index (κ3) is 7.24. The molecule has 2 N–H and O–H groups in total. The molecule has 0 saturated heterocycles. The second-order valence-corrected chi connectivity index (χ2v) is 11.9. The highest BCUT2D eigenvalue weighted by Gasteiger charge is 2.49. The van der Waals surface area contributed by atoms with E-state index in [4.69, 9.17) is 11.2 Å². The maximum absolute atomic E-state index is 14.5. The van der Waals surface area contributed by atoms with Crippen molar-refractivity contribution in [1.82, 2.24) is 10.2 Å². The monoisotopic (exact) mass is 545 g/mol. The molecule has 40 heavy (non-hydrogen) atoms. The fraction of sp³-hybridized carbons (Fsp3) is 0.485. The average Bonchev–Trinajstić information content (AvgIpc) is 3.61. The Morgan fingerprint density at radius 2 is 1.70 bits per heavy atom. The summed E-state index contributed by atoms with van der Waals surface area (Å²) in [5.74, 6) is 2.00. The van der Waals surface area contributed by atoms with Crippen molar-refractivity contribution in [2.45, 2.75) is 92.0 Å². The Bertz CT molecular complexity index is 1270. The molecule has 0 radical (unpaired) electrons. The molecule has 5 atom stereocenters. The standard InChI is InChI=1S/C33H43N3O4/c1-10-20(3)28(35-32(39)40-33(7,8)9)31(38)36(26-19-23(26)6)29(25-18-13-12-17-24(25)11-2)30(37)34-27-21(4)15-14-16-22(27)5/h2,12-18,20,23,26,28-29H,10,19H2,1,3-9H3,(H,34,37)(H,35,39). The Morgan fingerprint density at radius 1 is 1.10 bits per heavy atom. The summed E-state index contributed by atoms with van der Waals surface area (Å²) >= 11 is 0. The molecule has 1 fully saturated rings. The van der Waals surface area contributed by atoms with Crippen LogP contribution in [0, 0.1) is 38.0 Å². The number of aryl methyl sites for hydroxylation is 2. The summed E-state index contributed by atoms with van der Waals surface area (Å²) in [6, 6.07) is 10.9. The van der Waals surface area contributed by atoms with Gasteiger partial charge in [0.05, 0.1) is 0 Å². The first kappa shape index (κ1) is 30.7. The van der Waals surface area contributed by atoms with Gasteiger partial charge in [-0.3, -0.25) is 9.59 Å². The number of carbonyl (C=O) groups is 3. The first-order valence-corrected chi connectivity index (χ1v) is 14.0. The van der Waals surface area contributed by atoms with Gasteiger partial charge < -0.3 is 20.3 Å². The molecule has 0 spiro atoms. The van der Waals surface area contributed by atoms with Crippen LogP contribution in [0.3, 0.4) is 0 Å². The van der Waals surface area contributed by atoms with Crippen molar-refractivity contribution in [3.05, 3.63) is 64.7 Å². The zero-order chi connectivity index (χ0) is 29.8. The van der Waals surface area contributed by atoms with Crippen LogP contribution in [0.1, 0.15) is 82.7 Å².